The van der Waals surface area contributed by atoms with Crippen LogP contribution in [0.5, 0.6) is 0 Å². The summed E-state index contributed by atoms with van der Waals surface area (Å²) in [4.78, 5) is 23.9. The number of rotatable bonds is 5. The fourth-order valence-corrected chi connectivity index (χ4v) is 3.91. The third-order valence-corrected chi connectivity index (χ3v) is 5.38. The van der Waals surface area contributed by atoms with Crippen LogP contribution in [0.25, 0.3) is 22.2 Å². The van der Waals surface area contributed by atoms with E-state index in [1.165, 1.54) is 0 Å². The molecule has 3 aromatic heterocycles. The van der Waals surface area contributed by atoms with Crippen molar-refractivity contribution in [1.82, 2.24) is 24.6 Å². The van der Waals surface area contributed by atoms with Gasteiger partial charge in [-0.2, -0.15) is 5.10 Å². The van der Waals surface area contributed by atoms with Crippen molar-refractivity contribution in [2.45, 2.75) is 32.4 Å². The minimum absolute atomic E-state index is 0.0376. The Bertz CT molecular complexity index is 1050. The zero-order chi connectivity index (χ0) is 21.3. The van der Waals surface area contributed by atoms with Crippen molar-refractivity contribution in [2.24, 2.45) is 13.0 Å². The lowest BCUT2D eigenvalue weighted by molar-refractivity contribution is -0.121. The molecule has 4 rings (SSSR count). The lowest BCUT2D eigenvalue weighted by atomic mass is 9.95. The van der Waals surface area contributed by atoms with Crippen LogP contribution >= 0.6 is 0 Å². The minimum atomic E-state index is -1.22. The van der Waals surface area contributed by atoms with Crippen molar-refractivity contribution in [3.05, 3.63) is 36.8 Å². The molecule has 0 bridgehead atoms. The molecule has 1 amide bonds. The van der Waals surface area contributed by atoms with E-state index in [4.69, 9.17) is 4.98 Å². The molecule has 0 radical (unpaired) electrons. The van der Waals surface area contributed by atoms with Gasteiger partial charge in [0.05, 0.1) is 17.4 Å². The van der Waals surface area contributed by atoms with Crippen molar-refractivity contribution in [3.63, 3.8) is 0 Å². The fraction of sp³-hybridized carbons (Fsp3) is 0.455. The number of hydrogen-bond donors (Lipinski definition) is 1. The van der Waals surface area contributed by atoms with Crippen LogP contribution in [-0.4, -0.2) is 55.9 Å². The lowest BCUT2D eigenvalue weighted by Crippen LogP contribution is -2.43. The Balaban J connectivity index is 1.43. The smallest absolute Gasteiger partial charge is 0.228 e. The maximum absolute atomic E-state index is 13.8. The number of halogens is 1. The Morgan fingerprint density at radius 2 is 2.03 bits per heavy atom. The van der Waals surface area contributed by atoms with Crippen LogP contribution in [0.1, 0.15) is 26.7 Å². The summed E-state index contributed by atoms with van der Waals surface area (Å²) in [6.07, 6.45) is 6.84. The zero-order valence-corrected chi connectivity index (χ0v) is 17.6. The van der Waals surface area contributed by atoms with E-state index in [2.05, 4.69) is 20.3 Å². The second-order valence-electron chi connectivity index (χ2n) is 8.62. The van der Waals surface area contributed by atoms with Gasteiger partial charge >= 0.3 is 0 Å². The summed E-state index contributed by atoms with van der Waals surface area (Å²) in [5.74, 6) is 0.372. The number of nitrogens with zero attached hydrogens (tertiary/aromatic N) is 5. The van der Waals surface area contributed by atoms with Crippen LogP contribution in [0, 0.1) is 5.92 Å². The Kier molecular flexibility index (Phi) is 5.51. The van der Waals surface area contributed by atoms with Gasteiger partial charge in [0.15, 0.2) is 0 Å². The van der Waals surface area contributed by atoms with Gasteiger partial charge in [-0.3, -0.25) is 9.48 Å². The van der Waals surface area contributed by atoms with E-state index in [1.807, 2.05) is 25.4 Å². The van der Waals surface area contributed by atoms with Gasteiger partial charge in [0.2, 0.25) is 5.91 Å². The number of pyridine rings is 2. The van der Waals surface area contributed by atoms with E-state index in [0.29, 0.717) is 12.4 Å². The molecule has 0 spiro atoms. The zero-order valence-electron chi connectivity index (χ0n) is 17.6. The lowest BCUT2D eigenvalue weighted by Gasteiger charge is -2.33. The maximum atomic E-state index is 13.8. The van der Waals surface area contributed by atoms with Crippen molar-refractivity contribution in [2.75, 3.05) is 25.0 Å². The van der Waals surface area contributed by atoms with E-state index in [1.54, 1.807) is 37.0 Å². The fourth-order valence-electron chi connectivity index (χ4n) is 3.91. The second-order valence-corrected chi connectivity index (χ2v) is 8.62. The van der Waals surface area contributed by atoms with Gasteiger partial charge in [-0.05, 0) is 51.9 Å². The number of fused-ring (bicyclic) bond motifs is 1. The number of hydrogen-bond acceptors (Lipinski definition) is 5. The molecule has 3 aromatic rings. The van der Waals surface area contributed by atoms with Crippen LogP contribution in [0.3, 0.4) is 0 Å². The number of piperidine rings is 1. The monoisotopic (exact) mass is 410 g/mol. The molecular formula is C22H27FN6O. The maximum Gasteiger partial charge on any atom is 0.228 e. The molecule has 1 fully saturated rings. The Hall–Kier alpha value is -2.87. The highest BCUT2D eigenvalue weighted by Gasteiger charge is 2.28. The van der Waals surface area contributed by atoms with Gasteiger partial charge in [0.1, 0.15) is 11.5 Å². The Labute approximate surface area is 175 Å². The van der Waals surface area contributed by atoms with Gasteiger partial charge in [-0.15, -0.1) is 0 Å². The predicted octanol–water partition coefficient (Wildman–Crippen LogP) is 3.43. The first kappa shape index (κ1) is 20.4. The van der Waals surface area contributed by atoms with E-state index >= 15 is 0 Å². The number of likely N-dealkylation sites (tertiary alicyclic amines) is 1. The molecule has 4 heterocycles. The summed E-state index contributed by atoms with van der Waals surface area (Å²) in [6, 6.07) is 5.70. The average molecular weight is 410 g/mol. The SMILES string of the molecule is Cn1cc(-c2ccc3cnc(NC(=O)C4CCN(CC(C)(C)F)CC4)cc3n2)cn1. The van der Waals surface area contributed by atoms with E-state index in [0.717, 1.165) is 48.1 Å². The molecule has 1 saturated heterocycles. The Morgan fingerprint density at radius 3 is 2.70 bits per heavy atom. The third kappa shape index (κ3) is 4.81. The first-order valence-electron chi connectivity index (χ1n) is 10.2. The minimum Gasteiger partial charge on any atom is -0.310 e. The molecule has 158 valence electrons. The van der Waals surface area contributed by atoms with Crippen molar-refractivity contribution >= 4 is 22.6 Å². The summed E-state index contributed by atoms with van der Waals surface area (Å²) >= 11 is 0. The van der Waals surface area contributed by atoms with E-state index in [9.17, 15) is 9.18 Å². The van der Waals surface area contributed by atoms with E-state index < -0.39 is 5.67 Å². The van der Waals surface area contributed by atoms with Crippen molar-refractivity contribution in [1.29, 1.82) is 0 Å². The number of anilines is 1. The van der Waals surface area contributed by atoms with Gasteiger partial charge < -0.3 is 10.2 Å². The molecule has 0 atom stereocenters. The topological polar surface area (TPSA) is 75.9 Å². The standard InChI is InChI=1S/C22H27FN6O/c1-22(2,23)14-29-8-6-15(7-9-29)21(30)27-20-10-19-16(11-24-20)4-5-18(26-19)17-12-25-28(3)13-17/h4-5,10-13,15H,6-9,14H2,1-3H3,(H,24,27,30). The molecule has 7 nitrogen and oxygen atoms in total. The van der Waals surface area contributed by atoms with Gasteiger partial charge in [0.25, 0.3) is 0 Å². The van der Waals surface area contributed by atoms with Crippen molar-refractivity contribution in [3.8, 4) is 11.3 Å². The van der Waals surface area contributed by atoms with Crippen molar-refractivity contribution < 1.29 is 9.18 Å². The number of carbonyl (C=O) groups is 1. The van der Waals surface area contributed by atoms with Crippen LogP contribution < -0.4 is 5.32 Å². The third-order valence-electron chi connectivity index (χ3n) is 5.38. The molecular weight excluding hydrogens is 383 g/mol. The molecule has 8 heteroatoms. The summed E-state index contributed by atoms with van der Waals surface area (Å²) in [5, 5.41) is 8.03. The highest BCUT2D eigenvalue weighted by molar-refractivity contribution is 5.93. The average Bonchev–Trinajstić information content (AvgIpc) is 3.13. The number of carbonyl (C=O) groups excluding carboxylic acids is 1. The highest BCUT2D eigenvalue weighted by Crippen LogP contribution is 2.24. The first-order chi connectivity index (χ1) is 14.3. The second kappa shape index (κ2) is 8.10. The highest BCUT2D eigenvalue weighted by atomic mass is 19.1. The summed E-state index contributed by atoms with van der Waals surface area (Å²) in [7, 11) is 1.87. The summed E-state index contributed by atoms with van der Waals surface area (Å²) in [5.41, 5.74) is 1.31. The van der Waals surface area contributed by atoms with Gasteiger partial charge in [0, 0.05) is 48.9 Å². The number of aromatic nitrogens is 4. The molecule has 0 aliphatic carbocycles. The number of aryl methyl sites for hydroxylation is 1. The largest absolute Gasteiger partial charge is 0.310 e. The normalized spacial score (nSPS) is 16.1. The van der Waals surface area contributed by atoms with Crippen LogP contribution in [0.15, 0.2) is 36.8 Å². The molecule has 1 N–H and O–H groups in total. The predicted molar refractivity (Wildman–Crippen MR) is 115 cm³/mol. The summed E-state index contributed by atoms with van der Waals surface area (Å²) < 4.78 is 15.6. The molecule has 1 aliphatic rings. The van der Waals surface area contributed by atoms with Crippen LogP contribution in [0.2, 0.25) is 0 Å². The van der Waals surface area contributed by atoms with E-state index in [-0.39, 0.29) is 11.8 Å². The van der Waals surface area contributed by atoms with Gasteiger partial charge in [-0.1, -0.05) is 0 Å². The molecule has 1 aliphatic heterocycles. The molecule has 0 unspecified atom stereocenters. The quantitative estimate of drug-likeness (QED) is 0.697. The number of alkyl halides is 1. The first-order valence-corrected chi connectivity index (χ1v) is 10.2. The van der Waals surface area contributed by atoms with Crippen LogP contribution in [0.4, 0.5) is 10.2 Å². The van der Waals surface area contributed by atoms with Gasteiger partial charge in [-0.25, -0.2) is 14.4 Å². The molecule has 0 saturated carbocycles. The number of amides is 1. The van der Waals surface area contributed by atoms with Crippen LogP contribution in [-0.2, 0) is 11.8 Å². The number of nitrogens with one attached hydrogen (secondary N) is 1. The molecule has 30 heavy (non-hydrogen) atoms. The summed E-state index contributed by atoms with van der Waals surface area (Å²) in [6.45, 7) is 5.04. The Morgan fingerprint density at radius 1 is 1.27 bits per heavy atom. The molecule has 0 aromatic carbocycles.